The van der Waals surface area contributed by atoms with Crippen LogP contribution in [-0.2, 0) is 5.54 Å². The number of likely N-dealkylation sites (N-methyl/N-ethyl adjacent to an activating group) is 1. The Kier molecular flexibility index (Phi) is 5.61. The second-order valence-electron chi connectivity index (χ2n) is 7.82. The Hall–Kier alpha value is -3.08. The molecule has 0 saturated carbocycles. The van der Waals surface area contributed by atoms with E-state index in [4.69, 9.17) is 5.26 Å². The summed E-state index contributed by atoms with van der Waals surface area (Å²) in [6.45, 7) is 3.08. The third-order valence-corrected chi connectivity index (χ3v) is 7.15. The van der Waals surface area contributed by atoms with E-state index >= 15 is 0 Å². The van der Waals surface area contributed by atoms with Gasteiger partial charge in [-0.3, -0.25) is 4.79 Å². The van der Waals surface area contributed by atoms with Gasteiger partial charge in [-0.2, -0.15) is 5.26 Å². The second-order valence-corrected chi connectivity index (χ2v) is 8.74. The number of nitrogens with zero attached hydrogens (tertiary/aromatic N) is 2. The first-order valence-electron chi connectivity index (χ1n) is 9.90. The molecular formula is C24H21F2N3OS. The summed E-state index contributed by atoms with van der Waals surface area (Å²) in [5.41, 5.74) is 1.55. The number of thiophene rings is 1. The van der Waals surface area contributed by atoms with Crippen molar-refractivity contribution in [3.8, 4) is 17.2 Å². The fourth-order valence-electron chi connectivity index (χ4n) is 4.25. The van der Waals surface area contributed by atoms with Gasteiger partial charge >= 0.3 is 0 Å². The van der Waals surface area contributed by atoms with Crippen LogP contribution in [0.5, 0.6) is 0 Å². The molecule has 1 aliphatic heterocycles. The van der Waals surface area contributed by atoms with Crippen LogP contribution >= 0.6 is 11.3 Å². The quantitative estimate of drug-likeness (QED) is 0.640. The monoisotopic (exact) mass is 437 g/mol. The predicted molar refractivity (Wildman–Crippen MR) is 117 cm³/mol. The maximum absolute atomic E-state index is 13.7. The number of halogens is 2. The average Bonchev–Trinajstić information content (AvgIpc) is 3.39. The lowest BCUT2D eigenvalue weighted by molar-refractivity contribution is 0.0779. The number of nitrogens with one attached hydrogen (secondary N) is 1. The van der Waals surface area contributed by atoms with Gasteiger partial charge in [-0.1, -0.05) is 19.1 Å². The third kappa shape index (κ3) is 3.73. The van der Waals surface area contributed by atoms with E-state index in [2.05, 4.69) is 12.2 Å². The van der Waals surface area contributed by atoms with E-state index in [1.807, 2.05) is 24.6 Å². The van der Waals surface area contributed by atoms with Gasteiger partial charge in [0.15, 0.2) is 0 Å². The van der Waals surface area contributed by atoms with Crippen LogP contribution in [0.25, 0.3) is 11.1 Å². The number of hydrogen-bond acceptors (Lipinski definition) is 4. The average molecular weight is 438 g/mol. The summed E-state index contributed by atoms with van der Waals surface area (Å²) < 4.78 is 27.3. The molecule has 1 aromatic heterocycles. The highest BCUT2D eigenvalue weighted by atomic mass is 32.1. The van der Waals surface area contributed by atoms with E-state index in [1.165, 1.54) is 24.3 Å². The first-order valence-corrected chi connectivity index (χ1v) is 10.8. The zero-order valence-corrected chi connectivity index (χ0v) is 18.0. The van der Waals surface area contributed by atoms with Gasteiger partial charge in [0.2, 0.25) is 0 Å². The molecule has 1 N–H and O–H groups in total. The summed E-state index contributed by atoms with van der Waals surface area (Å²) in [6.07, 6.45) is 0. The van der Waals surface area contributed by atoms with Gasteiger partial charge in [0.1, 0.15) is 17.7 Å². The van der Waals surface area contributed by atoms with E-state index in [1.54, 1.807) is 34.4 Å². The molecule has 2 aromatic carbocycles. The van der Waals surface area contributed by atoms with E-state index in [9.17, 15) is 13.6 Å². The molecule has 1 saturated heterocycles. The molecule has 4 nitrogen and oxygen atoms in total. The zero-order valence-electron chi connectivity index (χ0n) is 17.2. The summed E-state index contributed by atoms with van der Waals surface area (Å²) in [5, 5.41) is 14.5. The smallest absolute Gasteiger partial charge is 0.254 e. The van der Waals surface area contributed by atoms with Crippen LogP contribution in [0.2, 0.25) is 0 Å². The molecule has 158 valence electrons. The molecule has 0 spiro atoms. The number of benzene rings is 2. The van der Waals surface area contributed by atoms with Crippen molar-refractivity contribution in [2.45, 2.75) is 12.5 Å². The van der Waals surface area contributed by atoms with Crippen LogP contribution in [0, 0.1) is 28.9 Å². The fraction of sp³-hybridized carbons (Fsp3) is 0.250. The van der Waals surface area contributed by atoms with Crippen molar-refractivity contribution in [1.29, 1.82) is 5.26 Å². The number of nitriles is 1. The first kappa shape index (κ1) is 21.2. The molecule has 1 amide bonds. The SMILES string of the molecule is CNC1(c2cc(-c3ccc(F)c(C#N)c3)cs2)CN(C(=O)c2cccc(F)c2)CC1C. The minimum absolute atomic E-state index is 0.00896. The van der Waals surface area contributed by atoms with Crippen molar-refractivity contribution in [2.24, 2.45) is 5.92 Å². The van der Waals surface area contributed by atoms with Gasteiger partial charge in [-0.25, -0.2) is 8.78 Å². The van der Waals surface area contributed by atoms with Crippen molar-refractivity contribution in [1.82, 2.24) is 10.2 Å². The Morgan fingerprint density at radius 3 is 2.74 bits per heavy atom. The molecule has 31 heavy (non-hydrogen) atoms. The van der Waals surface area contributed by atoms with Crippen molar-refractivity contribution in [2.75, 3.05) is 20.1 Å². The minimum Gasteiger partial charge on any atom is -0.336 e. The Morgan fingerprint density at radius 1 is 1.23 bits per heavy atom. The molecule has 4 rings (SSSR count). The highest BCUT2D eigenvalue weighted by Crippen LogP contribution is 2.42. The molecular weight excluding hydrogens is 416 g/mol. The number of carbonyl (C=O) groups is 1. The number of amides is 1. The highest BCUT2D eigenvalue weighted by molar-refractivity contribution is 7.10. The van der Waals surface area contributed by atoms with Gasteiger partial charge < -0.3 is 10.2 Å². The van der Waals surface area contributed by atoms with Crippen LogP contribution in [0.3, 0.4) is 0 Å². The maximum Gasteiger partial charge on any atom is 0.254 e. The fourth-order valence-corrected chi connectivity index (χ4v) is 5.48. The topological polar surface area (TPSA) is 56.1 Å². The Morgan fingerprint density at radius 2 is 2.03 bits per heavy atom. The lowest BCUT2D eigenvalue weighted by Crippen LogP contribution is -2.46. The minimum atomic E-state index is -0.538. The Bertz CT molecular complexity index is 1190. The Balaban J connectivity index is 1.64. The van der Waals surface area contributed by atoms with Crippen LogP contribution in [0.4, 0.5) is 8.78 Å². The van der Waals surface area contributed by atoms with Crippen LogP contribution < -0.4 is 5.32 Å². The van der Waals surface area contributed by atoms with Crippen molar-refractivity contribution in [3.05, 3.63) is 81.5 Å². The lowest BCUT2D eigenvalue weighted by atomic mass is 9.86. The summed E-state index contributed by atoms with van der Waals surface area (Å²) in [6, 6.07) is 14.2. The maximum atomic E-state index is 13.7. The molecule has 0 radical (unpaired) electrons. The van der Waals surface area contributed by atoms with Gasteiger partial charge in [-0.05, 0) is 65.9 Å². The summed E-state index contributed by atoms with van der Waals surface area (Å²) in [7, 11) is 1.87. The van der Waals surface area contributed by atoms with E-state index in [0.717, 1.165) is 16.0 Å². The molecule has 2 unspecified atom stereocenters. The first-order chi connectivity index (χ1) is 14.9. The highest BCUT2D eigenvalue weighted by Gasteiger charge is 2.47. The largest absolute Gasteiger partial charge is 0.336 e. The van der Waals surface area contributed by atoms with E-state index in [-0.39, 0.29) is 17.4 Å². The molecule has 7 heteroatoms. The van der Waals surface area contributed by atoms with Crippen molar-refractivity contribution in [3.63, 3.8) is 0 Å². The van der Waals surface area contributed by atoms with Crippen LogP contribution in [0.1, 0.15) is 27.7 Å². The molecule has 1 fully saturated rings. The molecule has 0 bridgehead atoms. The zero-order chi connectivity index (χ0) is 22.2. The van der Waals surface area contributed by atoms with Crippen LogP contribution in [-0.4, -0.2) is 30.9 Å². The molecule has 1 aliphatic rings. The lowest BCUT2D eigenvalue weighted by Gasteiger charge is -2.31. The van der Waals surface area contributed by atoms with E-state index < -0.39 is 17.2 Å². The molecule has 0 aliphatic carbocycles. The molecule has 2 heterocycles. The van der Waals surface area contributed by atoms with Gasteiger partial charge in [0.25, 0.3) is 5.91 Å². The molecule has 3 aromatic rings. The number of carbonyl (C=O) groups excluding carboxylic acids is 1. The summed E-state index contributed by atoms with van der Waals surface area (Å²) in [5.74, 6) is -1.05. The Labute approximate surface area is 183 Å². The van der Waals surface area contributed by atoms with Gasteiger partial charge in [0, 0.05) is 23.5 Å². The third-order valence-electron chi connectivity index (χ3n) is 6.04. The standard InChI is InChI=1S/C24H21F2N3OS/c1-15-12-29(23(30)17-4-3-5-20(25)9-17)14-24(15,28-2)22-10-19(13-31-22)16-6-7-21(26)18(8-16)11-27/h3-10,13,15,28H,12,14H2,1-2H3. The van der Waals surface area contributed by atoms with Gasteiger partial charge in [-0.15, -0.1) is 11.3 Å². The predicted octanol–water partition coefficient (Wildman–Crippen LogP) is 4.77. The van der Waals surface area contributed by atoms with Crippen LogP contribution in [0.15, 0.2) is 53.9 Å². The van der Waals surface area contributed by atoms with Gasteiger partial charge in [0.05, 0.1) is 11.1 Å². The number of likely N-dealkylation sites (tertiary alicyclic amines) is 1. The molecule has 2 atom stereocenters. The number of hydrogen-bond donors (Lipinski definition) is 1. The van der Waals surface area contributed by atoms with Crippen molar-refractivity contribution < 1.29 is 13.6 Å². The summed E-state index contributed by atoms with van der Waals surface area (Å²) in [4.78, 5) is 15.8. The number of rotatable bonds is 4. The summed E-state index contributed by atoms with van der Waals surface area (Å²) >= 11 is 1.56. The second kappa shape index (κ2) is 8.22. The van der Waals surface area contributed by atoms with E-state index in [0.29, 0.717) is 18.7 Å². The normalized spacial score (nSPS) is 20.6. The van der Waals surface area contributed by atoms with Crippen molar-refractivity contribution >= 4 is 17.2 Å².